The minimum absolute atomic E-state index is 0.161. The van der Waals surface area contributed by atoms with Crippen molar-refractivity contribution in [1.29, 1.82) is 0 Å². The molecular formula is C25H22N2O4. The van der Waals surface area contributed by atoms with Crippen LogP contribution < -0.4 is 10.2 Å². The predicted molar refractivity (Wildman–Crippen MR) is 119 cm³/mol. The second-order valence-corrected chi connectivity index (χ2v) is 7.40. The molecule has 1 heterocycles. The molecule has 6 nitrogen and oxygen atoms in total. The van der Waals surface area contributed by atoms with Crippen molar-refractivity contribution in [1.82, 2.24) is 0 Å². The van der Waals surface area contributed by atoms with E-state index in [1.165, 1.54) is 4.90 Å². The number of ether oxygens (including phenoxy) is 1. The molecule has 2 amide bonds. The van der Waals surface area contributed by atoms with E-state index in [-0.39, 0.29) is 24.3 Å². The van der Waals surface area contributed by atoms with Crippen molar-refractivity contribution in [2.24, 2.45) is 0 Å². The topological polar surface area (TPSA) is 75.7 Å². The zero-order valence-electron chi connectivity index (χ0n) is 17.1. The first-order valence-corrected chi connectivity index (χ1v) is 10.1. The largest absolute Gasteiger partial charge is 0.452 e. The van der Waals surface area contributed by atoms with Crippen LogP contribution in [-0.2, 0) is 14.3 Å². The highest BCUT2D eigenvalue weighted by Gasteiger charge is 2.30. The molecule has 6 heteroatoms. The Labute approximate surface area is 180 Å². The van der Waals surface area contributed by atoms with Crippen molar-refractivity contribution in [3.05, 3.63) is 84.4 Å². The molecule has 0 saturated carbocycles. The summed E-state index contributed by atoms with van der Waals surface area (Å²) in [5.74, 6) is -1.12. The minimum Gasteiger partial charge on any atom is -0.452 e. The van der Waals surface area contributed by atoms with Gasteiger partial charge in [-0.25, -0.2) is 4.79 Å². The molecule has 0 saturated heterocycles. The van der Waals surface area contributed by atoms with Gasteiger partial charge in [0, 0.05) is 12.5 Å². The normalized spacial score (nSPS) is 15.5. The van der Waals surface area contributed by atoms with Crippen LogP contribution in [0.1, 0.15) is 23.7 Å². The highest BCUT2D eigenvalue weighted by Crippen LogP contribution is 2.31. The summed E-state index contributed by atoms with van der Waals surface area (Å²) in [5, 5.41) is 2.81. The van der Waals surface area contributed by atoms with Crippen molar-refractivity contribution in [2.45, 2.75) is 19.4 Å². The highest BCUT2D eigenvalue weighted by atomic mass is 16.5. The Bertz CT molecular complexity index is 1110. The lowest BCUT2D eigenvalue weighted by Gasteiger charge is -2.27. The van der Waals surface area contributed by atoms with Gasteiger partial charge in [-0.1, -0.05) is 54.6 Å². The van der Waals surface area contributed by atoms with E-state index in [1.807, 2.05) is 42.5 Å². The van der Waals surface area contributed by atoms with Gasteiger partial charge in [-0.15, -0.1) is 0 Å². The number of rotatable bonds is 4. The lowest BCUT2D eigenvalue weighted by molar-refractivity contribution is -0.122. The molecule has 0 fully saturated rings. The van der Waals surface area contributed by atoms with E-state index >= 15 is 0 Å². The second-order valence-electron chi connectivity index (χ2n) is 7.40. The highest BCUT2D eigenvalue weighted by molar-refractivity contribution is 6.05. The lowest BCUT2D eigenvalue weighted by Crippen LogP contribution is -2.41. The zero-order valence-corrected chi connectivity index (χ0v) is 17.1. The fourth-order valence-corrected chi connectivity index (χ4v) is 3.68. The van der Waals surface area contributed by atoms with Crippen LogP contribution in [0.25, 0.3) is 11.1 Å². The van der Waals surface area contributed by atoms with Gasteiger partial charge < -0.3 is 15.0 Å². The molecule has 0 aromatic heterocycles. The van der Waals surface area contributed by atoms with Crippen molar-refractivity contribution >= 4 is 29.2 Å². The van der Waals surface area contributed by atoms with Crippen molar-refractivity contribution in [2.75, 3.05) is 16.8 Å². The molecule has 31 heavy (non-hydrogen) atoms. The van der Waals surface area contributed by atoms with E-state index in [0.29, 0.717) is 16.9 Å². The van der Waals surface area contributed by atoms with Crippen LogP contribution in [0.15, 0.2) is 78.9 Å². The van der Waals surface area contributed by atoms with Gasteiger partial charge in [-0.2, -0.15) is 0 Å². The number of nitrogens with zero attached hydrogens (tertiary/aromatic N) is 1. The number of hydrogen-bond acceptors (Lipinski definition) is 4. The maximum Gasteiger partial charge on any atom is 0.338 e. The zero-order chi connectivity index (χ0) is 21.8. The van der Waals surface area contributed by atoms with Crippen LogP contribution in [0.3, 0.4) is 0 Å². The SMILES string of the molecule is C[C@H]1CC(=O)Nc2ccccc2N1C(=O)COC(=O)c1ccc(-c2ccccc2)cc1. The third kappa shape index (κ3) is 4.48. The molecule has 0 bridgehead atoms. The van der Waals surface area contributed by atoms with Gasteiger partial charge in [0.05, 0.1) is 16.9 Å². The summed E-state index contributed by atoms with van der Waals surface area (Å²) < 4.78 is 5.28. The smallest absolute Gasteiger partial charge is 0.338 e. The molecule has 1 aliphatic heterocycles. The van der Waals surface area contributed by atoms with Gasteiger partial charge in [0.1, 0.15) is 0 Å². The van der Waals surface area contributed by atoms with Gasteiger partial charge in [0.2, 0.25) is 5.91 Å². The third-order valence-electron chi connectivity index (χ3n) is 5.18. The quantitative estimate of drug-likeness (QED) is 0.647. The molecule has 0 unspecified atom stereocenters. The summed E-state index contributed by atoms with van der Waals surface area (Å²) in [4.78, 5) is 39.0. The average molecular weight is 414 g/mol. The Morgan fingerprint density at radius 3 is 2.32 bits per heavy atom. The Kier molecular flexibility index (Phi) is 5.80. The minimum atomic E-state index is -0.571. The Morgan fingerprint density at radius 2 is 1.58 bits per heavy atom. The molecule has 0 spiro atoms. The summed E-state index contributed by atoms with van der Waals surface area (Å²) in [6, 6.07) is 23.6. The van der Waals surface area contributed by atoms with Gasteiger partial charge in [-0.3, -0.25) is 9.59 Å². The van der Waals surface area contributed by atoms with E-state index in [2.05, 4.69) is 5.32 Å². The number of hydrogen-bond donors (Lipinski definition) is 1. The van der Waals surface area contributed by atoms with E-state index < -0.39 is 12.6 Å². The Morgan fingerprint density at radius 1 is 0.935 bits per heavy atom. The van der Waals surface area contributed by atoms with Crippen LogP contribution in [0.5, 0.6) is 0 Å². The number of amides is 2. The summed E-state index contributed by atoms with van der Waals surface area (Å²) in [7, 11) is 0. The predicted octanol–water partition coefficient (Wildman–Crippen LogP) is 4.27. The summed E-state index contributed by atoms with van der Waals surface area (Å²) in [6.45, 7) is 1.38. The molecule has 3 aromatic carbocycles. The third-order valence-corrected chi connectivity index (χ3v) is 5.18. The van der Waals surface area contributed by atoms with Crippen molar-refractivity contribution in [3.63, 3.8) is 0 Å². The van der Waals surface area contributed by atoms with Gasteiger partial charge in [0.15, 0.2) is 6.61 Å². The van der Waals surface area contributed by atoms with Gasteiger partial charge in [-0.05, 0) is 42.3 Å². The number of esters is 1. The summed E-state index contributed by atoms with van der Waals surface area (Å²) >= 11 is 0. The number of anilines is 2. The van der Waals surface area contributed by atoms with Crippen LogP contribution in [-0.4, -0.2) is 30.4 Å². The van der Waals surface area contributed by atoms with Gasteiger partial charge in [0.25, 0.3) is 5.91 Å². The number of nitrogens with one attached hydrogen (secondary N) is 1. The number of para-hydroxylation sites is 2. The van der Waals surface area contributed by atoms with Crippen molar-refractivity contribution < 1.29 is 19.1 Å². The van der Waals surface area contributed by atoms with E-state index in [1.54, 1.807) is 43.3 Å². The molecule has 156 valence electrons. The van der Waals surface area contributed by atoms with Crippen LogP contribution in [0.4, 0.5) is 11.4 Å². The van der Waals surface area contributed by atoms with Crippen LogP contribution >= 0.6 is 0 Å². The molecular weight excluding hydrogens is 392 g/mol. The Hall–Kier alpha value is -3.93. The number of carbonyl (C=O) groups excluding carboxylic acids is 3. The molecule has 1 atom stereocenters. The fourth-order valence-electron chi connectivity index (χ4n) is 3.68. The van der Waals surface area contributed by atoms with Crippen molar-refractivity contribution in [3.8, 4) is 11.1 Å². The molecule has 3 aromatic rings. The molecule has 0 radical (unpaired) electrons. The summed E-state index contributed by atoms with van der Waals surface area (Å²) in [6.07, 6.45) is 0.162. The standard InChI is InChI=1S/C25H22N2O4/c1-17-15-23(28)26-21-9-5-6-10-22(21)27(17)24(29)16-31-25(30)20-13-11-19(12-14-20)18-7-3-2-4-8-18/h2-14,17H,15-16H2,1H3,(H,26,28)/t17-/m0/s1. The first-order valence-electron chi connectivity index (χ1n) is 10.1. The molecule has 0 aliphatic carbocycles. The number of fused-ring (bicyclic) bond motifs is 1. The van der Waals surface area contributed by atoms with E-state index in [9.17, 15) is 14.4 Å². The second kappa shape index (κ2) is 8.83. The first-order chi connectivity index (χ1) is 15.0. The van der Waals surface area contributed by atoms with Crippen LogP contribution in [0, 0.1) is 0 Å². The maximum atomic E-state index is 12.9. The Balaban J connectivity index is 1.45. The summed E-state index contributed by atoms with van der Waals surface area (Å²) in [5.41, 5.74) is 3.56. The monoisotopic (exact) mass is 414 g/mol. The van der Waals surface area contributed by atoms with E-state index in [0.717, 1.165) is 11.1 Å². The van der Waals surface area contributed by atoms with Crippen LogP contribution in [0.2, 0.25) is 0 Å². The fraction of sp³-hybridized carbons (Fsp3) is 0.160. The van der Waals surface area contributed by atoms with Gasteiger partial charge >= 0.3 is 5.97 Å². The lowest BCUT2D eigenvalue weighted by atomic mass is 10.0. The average Bonchev–Trinajstić information content (AvgIpc) is 2.92. The molecule has 1 N–H and O–H groups in total. The molecule has 1 aliphatic rings. The molecule has 4 rings (SSSR count). The maximum absolute atomic E-state index is 12.9. The first kappa shape index (κ1) is 20.3. The number of carbonyl (C=O) groups is 3. The van der Waals surface area contributed by atoms with E-state index in [4.69, 9.17) is 4.74 Å². The number of benzene rings is 3.